The highest BCUT2D eigenvalue weighted by atomic mass is 32.1. The van der Waals surface area contributed by atoms with Crippen molar-refractivity contribution in [2.45, 2.75) is 44.1 Å². The monoisotopic (exact) mass is 649 g/mol. The minimum absolute atomic E-state index is 0.0836. The van der Waals surface area contributed by atoms with Crippen LogP contribution in [0.1, 0.15) is 29.6 Å². The van der Waals surface area contributed by atoms with Crippen molar-refractivity contribution in [3.63, 3.8) is 0 Å². The Bertz CT molecular complexity index is 1290. The van der Waals surface area contributed by atoms with Crippen LogP contribution in [0.2, 0.25) is 0 Å². The SMILES string of the molecule is CN1CCN(CCNC(=O)c2cc(OC(F)(F)F)ccc2OC2CCC(NC(=S)Nc3cccc(OC(F)(F)F)c3)C2)CC1. The molecule has 4 rings (SSSR count). The van der Waals surface area contributed by atoms with Gasteiger partial charge in [0.25, 0.3) is 5.91 Å². The molecule has 1 saturated carbocycles. The van der Waals surface area contributed by atoms with Gasteiger partial charge in [0.1, 0.15) is 23.4 Å². The number of nitrogens with zero attached hydrogens (tertiary/aromatic N) is 2. The molecule has 0 aromatic heterocycles. The number of carbonyl (C=O) groups is 1. The van der Waals surface area contributed by atoms with Crippen molar-refractivity contribution < 1.29 is 45.3 Å². The number of hydrogen-bond acceptors (Lipinski definition) is 7. The molecule has 16 heteroatoms. The molecule has 1 amide bonds. The van der Waals surface area contributed by atoms with E-state index in [-0.39, 0.29) is 28.6 Å². The summed E-state index contributed by atoms with van der Waals surface area (Å²) in [4.78, 5) is 17.5. The zero-order valence-electron chi connectivity index (χ0n) is 23.8. The Morgan fingerprint density at radius 3 is 2.32 bits per heavy atom. The van der Waals surface area contributed by atoms with Gasteiger partial charge in [0, 0.05) is 63.5 Å². The summed E-state index contributed by atoms with van der Waals surface area (Å²) in [6.45, 7) is 4.42. The van der Waals surface area contributed by atoms with Gasteiger partial charge in [-0.15, -0.1) is 26.3 Å². The number of ether oxygens (including phenoxy) is 3. The summed E-state index contributed by atoms with van der Waals surface area (Å²) in [7, 11) is 2.03. The lowest BCUT2D eigenvalue weighted by Crippen LogP contribution is -2.46. The molecule has 0 spiro atoms. The Labute approximate surface area is 255 Å². The minimum atomic E-state index is -4.93. The summed E-state index contributed by atoms with van der Waals surface area (Å²) in [5.41, 5.74) is 0.208. The Morgan fingerprint density at radius 1 is 0.955 bits per heavy atom. The van der Waals surface area contributed by atoms with Crippen LogP contribution >= 0.6 is 12.2 Å². The molecule has 0 radical (unpaired) electrons. The Balaban J connectivity index is 1.33. The molecule has 9 nitrogen and oxygen atoms in total. The second-order valence-electron chi connectivity index (χ2n) is 10.5. The molecule has 1 aliphatic heterocycles. The zero-order valence-corrected chi connectivity index (χ0v) is 24.6. The Hall–Kier alpha value is -3.50. The first-order valence-corrected chi connectivity index (χ1v) is 14.3. The van der Waals surface area contributed by atoms with Gasteiger partial charge in [0.05, 0.1) is 5.56 Å². The molecule has 2 atom stereocenters. The van der Waals surface area contributed by atoms with Crippen LogP contribution in [0.15, 0.2) is 42.5 Å². The molecule has 0 bridgehead atoms. The molecule has 2 aliphatic rings. The Kier molecular flexibility index (Phi) is 11.0. The van der Waals surface area contributed by atoms with E-state index in [2.05, 4.69) is 35.2 Å². The number of alkyl halides is 6. The fourth-order valence-corrected chi connectivity index (χ4v) is 5.25. The van der Waals surface area contributed by atoms with Crippen LogP contribution in [0.25, 0.3) is 0 Å². The first-order valence-electron chi connectivity index (χ1n) is 13.9. The van der Waals surface area contributed by atoms with Crippen LogP contribution in [-0.2, 0) is 0 Å². The van der Waals surface area contributed by atoms with Gasteiger partial charge in [0.2, 0.25) is 0 Å². The van der Waals surface area contributed by atoms with Crippen LogP contribution in [0.5, 0.6) is 17.2 Å². The topological polar surface area (TPSA) is 87.3 Å². The van der Waals surface area contributed by atoms with Gasteiger partial charge in [-0.3, -0.25) is 9.69 Å². The van der Waals surface area contributed by atoms with Crippen molar-refractivity contribution in [1.29, 1.82) is 0 Å². The maximum absolute atomic E-state index is 13.1. The highest BCUT2D eigenvalue weighted by molar-refractivity contribution is 7.80. The summed E-state index contributed by atoms with van der Waals surface area (Å²) in [5.74, 6) is -1.41. The standard InChI is InChI=1S/C28H33F6N5O4S/c1-38-11-13-39(14-12-38)10-9-35-25(40)23-17-22(43-28(32,33)34)7-8-24(23)41-20-6-5-19(15-20)37-26(44)36-18-3-2-4-21(16-18)42-27(29,30)31/h2-4,7-8,16-17,19-20H,5-6,9-15H2,1H3,(H,35,40)(H2,36,37,44). The summed E-state index contributed by atoms with van der Waals surface area (Å²) in [5, 5.41) is 8.85. The third kappa shape index (κ3) is 10.9. The van der Waals surface area contributed by atoms with Crippen molar-refractivity contribution in [1.82, 2.24) is 20.4 Å². The fraction of sp³-hybridized carbons (Fsp3) is 0.500. The van der Waals surface area contributed by atoms with Crippen molar-refractivity contribution in [3.8, 4) is 17.2 Å². The van der Waals surface area contributed by atoms with Crippen LogP contribution < -0.4 is 30.2 Å². The lowest BCUT2D eigenvalue weighted by atomic mass is 10.1. The number of rotatable bonds is 10. The van der Waals surface area contributed by atoms with Gasteiger partial charge in [-0.2, -0.15) is 0 Å². The largest absolute Gasteiger partial charge is 0.573 e. The number of likely N-dealkylation sites (N-methyl/N-ethyl adjacent to an activating group) is 1. The second-order valence-corrected chi connectivity index (χ2v) is 10.9. The van der Waals surface area contributed by atoms with E-state index in [0.717, 1.165) is 50.4 Å². The van der Waals surface area contributed by atoms with Crippen molar-refractivity contribution in [2.75, 3.05) is 51.6 Å². The predicted molar refractivity (Wildman–Crippen MR) is 154 cm³/mol. The van der Waals surface area contributed by atoms with E-state index in [0.29, 0.717) is 38.0 Å². The van der Waals surface area contributed by atoms with Crippen LogP contribution in [-0.4, -0.2) is 92.0 Å². The zero-order chi connectivity index (χ0) is 31.9. The molecule has 44 heavy (non-hydrogen) atoms. The summed E-state index contributed by atoms with van der Waals surface area (Å²) < 4.78 is 90.2. The predicted octanol–water partition coefficient (Wildman–Crippen LogP) is 4.75. The molecular weight excluding hydrogens is 616 g/mol. The van der Waals surface area contributed by atoms with E-state index in [4.69, 9.17) is 17.0 Å². The number of carbonyl (C=O) groups excluding carboxylic acids is 1. The van der Waals surface area contributed by atoms with E-state index in [9.17, 15) is 31.1 Å². The van der Waals surface area contributed by atoms with Crippen molar-refractivity contribution in [2.24, 2.45) is 0 Å². The quantitative estimate of drug-likeness (QED) is 0.250. The van der Waals surface area contributed by atoms with Crippen molar-refractivity contribution >= 4 is 28.9 Å². The molecule has 2 aromatic rings. The van der Waals surface area contributed by atoms with E-state index >= 15 is 0 Å². The average Bonchev–Trinajstić information content (AvgIpc) is 3.35. The first kappa shape index (κ1) is 33.4. The number of nitrogens with one attached hydrogen (secondary N) is 3. The number of piperazine rings is 1. The van der Waals surface area contributed by atoms with Gasteiger partial charge in [-0.1, -0.05) is 6.07 Å². The highest BCUT2D eigenvalue weighted by Gasteiger charge is 2.33. The molecular formula is C28H33F6N5O4S. The average molecular weight is 650 g/mol. The maximum Gasteiger partial charge on any atom is 0.573 e. The van der Waals surface area contributed by atoms with Crippen LogP contribution in [0.4, 0.5) is 32.0 Å². The van der Waals surface area contributed by atoms with E-state index in [1.807, 2.05) is 7.05 Å². The molecule has 1 saturated heterocycles. The van der Waals surface area contributed by atoms with Crippen molar-refractivity contribution in [3.05, 3.63) is 48.0 Å². The summed E-state index contributed by atoms with van der Waals surface area (Å²) in [6.07, 6.45) is -8.52. The normalized spacial score (nSPS) is 19.7. The molecule has 2 aromatic carbocycles. The third-order valence-electron chi connectivity index (χ3n) is 7.08. The first-order chi connectivity index (χ1) is 20.7. The summed E-state index contributed by atoms with van der Waals surface area (Å²) in [6, 6.07) is 8.45. The van der Waals surface area contributed by atoms with Gasteiger partial charge in [0.15, 0.2) is 5.11 Å². The van der Waals surface area contributed by atoms with Crippen LogP contribution in [0, 0.1) is 0 Å². The second kappa shape index (κ2) is 14.5. The third-order valence-corrected chi connectivity index (χ3v) is 7.30. The van der Waals surface area contributed by atoms with Crippen LogP contribution in [0.3, 0.4) is 0 Å². The number of hydrogen-bond donors (Lipinski definition) is 3. The van der Waals surface area contributed by atoms with Gasteiger partial charge in [-0.05, 0) is 62.4 Å². The lowest BCUT2D eigenvalue weighted by Gasteiger charge is -2.32. The fourth-order valence-electron chi connectivity index (χ4n) is 4.96. The number of thiocarbonyl (C=S) groups is 1. The minimum Gasteiger partial charge on any atom is -0.490 e. The van der Waals surface area contributed by atoms with Gasteiger partial charge in [-0.25, -0.2) is 0 Å². The van der Waals surface area contributed by atoms with E-state index in [1.165, 1.54) is 18.2 Å². The van der Waals surface area contributed by atoms with Gasteiger partial charge >= 0.3 is 12.7 Å². The highest BCUT2D eigenvalue weighted by Crippen LogP contribution is 2.32. The van der Waals surface area contributed by atoms with Gasteiger partial charge < -0.3 is 35.1 Å². The number of anilines is 1. The Morgan fingerprint density at radius 2 is 1.64 bits per heavy atom. The summed E-state index contributed by atoms with van der Waals surface area (Å²) >= 11 is 5.31. The molecule has 2 unspecified atom stereocenters. The molecule has 242 valence electrons. The number of amides is 1. The molecule has 3 N–H and O–H groups in total. The van der Waals surface area contributed by atoms with E-state index < -0.39 is 30.1 Å². The van der Waals surface area contributed by atoms with E-state index in [1.54, 1.807) is 0 Å². The molecule has 2 fully saturated rings. The smallest absolute Gasteiger partial charge is 0.490 e. The molecule has 1 heterocycles. The lowest BCUT2D eigenvalue weighted by molar-refractivity contribution is -0.275. The number of halogens is 6. The maximum atomic E-state index is 13.1. The molecule has 1 aliphatic carbocycles. The number of benzene rings is 2.